The minimum absolute atomic E-state index is 0.197. The lowest BCUT2D eigenvalue weighted by molar-refractivity contribution is -0.144. The SMILES string of the molecule is CC(=O)OCC(=O)Nc1ccc2c(=O)n(Cc3cccc(Cl)c3)cnc2c1. The van der Waals surface area contributed by atoms with Gasteiger partial charge in [-0.05, 0) is 35.9 Å². The third kappa shape index (κ3) is 4.71. The van der Waals surface area contributed by atoms with E-state index in [1.165, 1.54) is 17.8 Å². The Balaban J connectivity index is 1.82. The number of nitrogens with zero attached hydrogens (tertiary/aromatic N) is 2. The topological polar surface area (TPSA) is 90.3 Å². The van der Waals surface area contributed by atoms with Gasteiger partial charge in [0, 0.05) is 17.6 Å². The van der Waals surface area contributed by atoms with E-state index in [1.807, 2.05) is 12.1 Å². The highest BCUT2D eigenvalue weighted by Crippen LogP contribution is 2.15. The minimum Gasteiger partial charge on any atom is -0.456 e. The fraction of sp³-hybridized carbons (Fsp3) is 0.158. The van der Waals surface area contributed by atoms with Gasteiger partial charge in [-0.1, -0.05) is 23.7 Å². The van der Waals surface area contributed by atoms with Crippen LogP contribution >= 0.6 is 11.6 Å². The minimum atomic E-state index is -0.536. The molecule has 0 bridgehead atoms. The van der Waals surface area contributed by atoms with Gasteiger partial charge in [0.1, 0.15) is 0 Å². The number of ether oxygens (including phenoxy) is 1. The smallest absolute Gasteiger partial charge is 0.303 e. The van der Waals surface area contributed by atoms with Gasteiger partial charge >= 0.3 is 5.97 Å². The number of halogens is 1. The van der Waals surface area contributed by atoms with Gasteiger partial charge in [-0.25, -0.2) is 4.98 Å². The highest BCUT2D eigenvalue weighted by Gasteiger charge is 2.09. The second kappa shape index (κ2) is 8.01. The summed E-state index contributed by atoms with van der Waals surface area (Å²) in [5.41, 5.74) is 1.60. The molecule has 2 aromatic carbocycles. The molecule has 0 aliphatic rings. The van der Waals surface area contributed by atoms with Crippen molar-refractivity contribution in [3.63, 3.8) is 0 Å². The first-order valence-electron chi connectivity index (χ1n) is 8.09. The van der Waals surface area contributed by atoms with Gasteiger partial charge in [0.05, 0.1) is 23.8 Å². The van der Waals surface area contributed by atoms with Crippen LogP contribution in [0.1, 0.15) is 12.5 Å². The van der Waals surface area contributed by atoms with E-state index in [0.717, 1.165) is 5.56 Å². The highest BCUT2D eigenvalue weighted by molar-refractivity contribution is 6.30. The number of nitrogens with one attached hydrogen (secondary N) is 1. The Labute approximate surface area is 159 Å². The summed E-state index contributed by atoms with van der Waals surface area (Å²) in [6.45, 7) is 1.20. The zero-order chi connectivity index (χ0) is 19.4. The van der Waals surface area contributed by atoms with Gasteiger partial charge in [-0.15, -0.1) is 0 Å². The summed E-state index contributed by atoms with van der Waals surface area (Å²) in [6, 6.07) is 12.0. The highest BCUT2D eigenvalue weighted by atomic mass is 35.5. The molecule has 0 aliphatic carbocycles. The van der Waals surface area contributed by atoms with Gasteiger partial charge in [-0.3, -0.25) is 19.0 Å². The molecule has 1 amide bonds. The van der Waals surface area contributed by atoms with E-state index in [-0.39, 0.29) is 12.2 Å². The van der Waals surface area contributed by atoms with E-state index in [2.05, 4.69) is 15.0 Å². The van der Waals surface area contributed by atoms with Crippen LogP contribution in [0, 0.1) is 0 Å². The van der Waals surface area contributed by atoms with Gasteiger partial charge in [0.2, 0.25) is 0 Å². The molecule has 7 nitrogen and oxygen atoms in total. The van der Waals surface area contributed by atoms with Crippen LogP contribution in [0.2, 0.25) is 5.02 Å². The van der Waals surface area contributed by atoms with Crippen molar-refractivity contribution in [3.8, 4) is 0 Å². The Kier molecular flexibility index (Phi) is 5.52. The predicted molar refractivity (Wildman–Crippen MR) is 102 cm³/mol. The van der Waals surface area contributed by atoms with E-state index >= 15 is 0 Å². The lowest BCUT2D eigenvalue weighted by Crippen LogP contribution is -2.22. The zero-order valence-corrected chi connectivity index (χ0v) is 15.2. The number of aromatic nitrogens is 2. The van der Waals surface area contributed by atoms with Crippen molar-refractivity contribution in [2.45, 2.75) is 13.5 Å². The molecule has 0 saturated heterocycles. The van der Waals surface area contributed by atoms with Crippen LogP contribution in [0.3, 0.4) is 0 Å². The quantitative estimate of drug-likeness (QED) is 0.682. The van der Waals surface area contributed by atoms with Crippen molar-refractivity contribution in [1.82, 2.24) is 9.55 Å². The van der Waals surface area contributed by atoms with Crippen molar-refractivity contribution in [1.29, 1.82) is 0 Å². The van der Waals surface area contributed by atoms with Crippen LogP contribution in [0.25, 0.3) is 10.9 Å². The Morgan fingerprint density at radius 2 is 2.04 bits per heavy atom. The van der Waals surface area contributed by atoms with Crippen LogP contribution in [-0.4, -0.2) is 28.0 Å². The number of esters is 1. The molecule has 1 N–H and O–H groups in total. The monoisotopic (exact) mass is 385 g/mol. The normalized spacial score (nSPS) is 10.6. The molecule has 27 heavy (non-hydrogen) atoms. The maximum absolute atomic E-state index is 12.7. The molecule has 0 aliphatic heterocycles. The molecule has 0 radical (unpaired) electrons. The molecule has 3 rings (SSSR count). The molecule has 0 fully saturated rings. The van der Waals surface area contributed by atoms with Crippen molar-refractivity contribution in [2.24, 2.45) is 0 Å². The van der Waals surface area contributed by atoms with Crippen molar-refractivity contribution in [3.05, 3.63) is 69.7 Å². The van der Waals surface area contributed by atoms with E-state index < -0.39 is 11.9 Å². The summed E-state index contributed by atoms with van der Waals surface area (Å²) in [7, 11) is 0. The van der Waals surface area contributed by atoms with Gasteiger partial charge in [0.15, 0.2) is 6.61 Å². The van der Waals surface area contributed by atoms with Crippen molar-refractivity contribution in [2.75, 3.05) is 11.9 Å². The Morgan fingerprint density at radius 1 is 1.22 bits per heavy atom. The van der Waals surface area contributed by atoms with Crippen LogP contribution in [0.15, 0.2) is 53.6 Å². The third-order valence-electron chi connectivity index (χ3n) is 3.76. The zero-order valence-electron chi connectivity index (χ0n) is 14.4. The molecule has 1 heterocycles. The number of fused-ring (bicyclic) bond motifs is 1. The molecule has 0 atom stereocenters. The van der Waals surface area contributed by atoms with E-state index in [0.29, 0.717) is 28.2 Å². The fourth-order valence-corrected chi connectivity index (χ4v) is 2.76. The summed E-state index contributed by atoms with van der Waals surface area (Å²) in [6.07, 6.45) is 1.45. The predicted octanol–water partition coefficient (Wildman–Crippen LogP) is 2.60. The van der Waals surface area contributed by atoms with E-state index in [1.54, 1.807) is 30.3 Å². The number of benzene rings is 2. The average molecular weight is 386 g/mol. The number of amides is 1. The number of carbonyl (C=O) groups excluding carboxylic acids is 2. The molecular weight excluding hydrogens is 370 g/mol. The maximum atomic E-state index is 12.7. The van der Waals surface area contributed by atoms with Crippen molar-refractivity contribution >= 4 is 40.1 Å². The summed E-state index contributed by atoms with van der Waals surface area (Å²) in [4.78, 5) is 39.4. The van der Waals surface area contributed by atoms with Crippen molar-refractivity contribution < 1.29 is 14.3 Å². The van der Waals surface area contributed by atoms with Crippen LogP contribution in [-0.2, 0) is 20.9 Å². The number of anilines is 1. The van der Waals surface area contributed by atoms with Gasteiger partial charge in [0.25, 0.3) is 11.5 Å². The second-order valence-electron chi connectivity index (χ2n) is 5.87. The van der Waals surface area contributed by atoms with Gasteiger partial charge < -0.3 is 10.1 Å². The molecular formula is C19H16ClN3O4. The van der Waals surface area contributed by atoms with E-state index in [4.69, 9.17) is 11.6 Å². The fourth-order valence-electron chi connectivity index (χ4n) is 2.54. The van der Waals surface area contributed by atoms with Crippen LogP contribution in [0.4, 0.5) is 5.69 Å². The first kappa shape index (κ1) is 18.6. The largest absolute Gasteiger partial charge is 0.456 e. The summed E-state index contributed by atoms with van der Waals surface area (Å²) >= 11 is 5.98. The molecule has 0 spiro atoms. The first-order chi connectivity index (χ1) is 12.9. The molecule has 138 valence electrons. The Morgan fingerprint density at radius 3 is 2.78 bits per heavy atom. The van der Waals surface area contributed by atoms with E-state index in [9.17, 15) is 14.4 Å². The standard InChI is InChI=1S/C19H16ClN3O4/c1-12(24)27-10-18(25)22-15-5-6-16-17(8-15)21-11-23(19(16)26)9-13-3-2-4-14(20)7-13/h2-8,11H,9-10H2,1H3,(H,22,25). The lowest BCUT2D eigenvalue weighted by atomic mass is 10.2. The first-order valence-corrected chi connectivity index (χ1v) is 8.47. The van der Waals surface area contributed by atoms with Crippen LogP contribution in [0.5, 0.6) is 0 Å². The maximum Gasteiger partial charge on any atom is 0.303 e. The summed E-state index contributed by atoms with van der Waals surface area (Å²) in [5, 5.41) is 3.62. The molecule has 1 aromatic heterocycles. The Hall–Kier alpha value is -3.19. The Bertz CT molecular complexity index is 1080. The molecule has 0 unspecified atom stereocenters. The second-order valence-corrected chi connectivity index (χ2v) is 6.30. The molecule has 8 heteroatoms. The molecule has 0 saturated carbocycles. The summed E-state index contributed by atoms with van der Waals surface area (Å²) < 4.78 is 6.13. The summed E-state index contributed by atoms with van der Waals surface area (Å²) in [5.74, 6) is -1.01. The lowest BCUT2D eigenvalue weighted by Gasteiger charge is -2.09. The van der Waals surface area contributed by atoms with Gasteiger partial charge in [-0.2, -0.15) is 0 Å². The number of hydrogen-bond acceptors (Lipinski definition) is 5. The number of hydrogen-bond donors (Lipinski definition) is 1. The molecule has 3 aromatic rings. The average Bonchev–Trinajstić information content (AvgIpc) is 2.62. The van der Waals surface area contributed by atoms with Crippen LogP contribution < -0.4 is 10.9 Å². The third-order valence-corrected chi connectivity index (χ3v) is 3.99. The number of carbonyl (C=O) groups is 2. The number of rotatable bonds is 5.